The molecule has 0 aliphatic heterocycles. The second-order valence-electron chi connectivity index (χ2n) is 3.05. The Morgan fingerprint density at radius 3 is 2.45 bits per heavy atom. The number of hydrogen-bond acceptors (Lipinski definition) is 2. The predicted octanol–water partition coefficient (Wildman–Crippen LogP) is 0.463. The van der Waals surface area contributed by atoms with Crippen molar-refractivity contribution in [2.45, 2.75) is 26.8 Å². The zero-order valence-corrected chi connectivity index (χ0v) is 7.85. The van der Waals surface area contributed by atoms with Crippen molar-refractivity contribution in [3.63, 3.8) is 0 Å². The Bertz CT molecular complexity index is 123. The maximum atomic E-state index is 11.1. The molecule has 0 aliphatic rings. The molecule has 66 valence electrons. The molecular weight excluding hydrogens is 140 g/mol. The first-order chi connectivity index (χ1) is 5.06. The summed E-state index contributed by atoms with van der Waals surface area (Å²) in [6.07, 6.45) is 0. The molecule has 0 rings (SSSR count). The summed E-state index contributed by atoms with van der Waals surface area (Å²) < 4.78 is 0. The van der Waals surface area contributed by atoms with Crippen molar-refractivity contribution < 1.29 is 4.79 Å². The Labute approximate surface area is 68.8 Å². The van der Waals surface area contributed by atoms with E-state index in [2.05, 4.69) is 5.32 Å². The van der Waals surface area contributed by atoms with Crippen LogP contribution in [0.25, 0.3) is 0 Å². The third kappa shape index (κ3) is 5.85. The molecule has 0 fully saturated rings. The minimum atomic E-state index is 0.101. The second kappa shape index (κ2) is 5.13. The highest BCUT2D eigenvalue weighted by molar-refractivity contribution is 5.78. The number of nitrogens with zero attached hydrogens (tertiary/aromatic N) is 1. The van der Waals surface area contributed by atoms with Crippen LogP contribution in [0.3, 0.4) is 0 Å². The van der Waals surface area contributed by atoms with Gasteiger partial charge in [0.05, 0.1) is 6.54 Å². The van der Waals surface area contributed by atoms with Crippen LogP contribution < -0.4 is 5.32 Å². The van der Waals surface area contributed by atoms with Gasteiger partial charge in [0.25, 0.3) is 0 Å². The monoisotopic (exact) mass is 158 g/mol. The van der Waals surface area contributed by atoms with E-state index in [1.165, 1.54) is 0 Å². The van der Waals surface area contributed by atoms with Gasteiger partial charge in [-0.1, -0.05) is 6.92 Å². The van der Waals surface area contributed by atoms with Crippen molar-refractivity contribution >= 4 is 5.91 Å². The highest BCUT2D eigenvalue weighted by Crippen LogP contribution is 1.82. The zero-order chi connectivity index (χ0) is 8.85. The molecule has 0 aliphatic carbocycles. The number of carbonyl (C=O) groups is 1. The largest absolute Gasteiger partial charge is 0.353 e. The van der Waals surface area contributed by atoms with Crippen molar-refractivity contribution in [3.05, 3.63) is 0 Å². The summed E-state index contributed by atoms with van der Waals surface area (Å²) in [4.78, 5) is 13.0. The van der Waals surface area contributed by atoms with Crippen LogP contribution in [0.15, 0.2) is 0 Å². The maximum absolute atomic E-state index is 11.1. The Hall–Kier alpha value is -0.570. The first-order valence-electron chi connectivity index (χ1n) is 4.04. The molecule has 3 heteroatoms. The normalized spacial score (nSPS) is 10.7. The highest BCUT2D eigenvalue weighted by Gasteiger charge is 2.04. The van der Waals surface area contributed by atoms with E-state index in [9.17, 15) is 4.79 Å². The summed E-state index contributed by atoms with van der Waals surface area (Å²) in [6, 6.07) is 0.243. The average Bonchev–Trinajstić information content (AvgIpc) is 1.85. The lowest BCUT2D eigenvalue weighted by molar-refractivity contribution is -0.122. The Kier molecular flexibility index (Phi) is 4.86. The summed E-state index contributed by atoms with van der Waals surface area (Å²) in [5.41, 5.74) is 0. The fourth-order valence-corrected chi connectivity index (χ4v) is 0.725. The van der Waals surface area contributed by atoms with Crippen molar-refractivity contribution in [1.82, 2.24) is 10.2 Å². The number of rotatable bonds is 4. The van der Waals surface area contributed by atoms with Gasteiger partial charge in [-0.2, -0.15) is 0 Å². The molecule has 0 atom stereocenters. The third-order valence-corrected chi connectivity index (χ3v) is 1.40. The van der Waals surface area contributed by atoms with Gasteiger partial charge in [-0.3, -0.25) is 9.69 Å². The highest BCUT2D eigenvalue weighted by atomic mass is 16.2. The molecule has 0 unspecified atom stereocenters. The summed E-state index contributed by atoms with van der Waals surface area (Å²) in [5, 5.41) is 2.83. The number of likely N-dealkylation sites (N-methyl/N-ethyl adjacent to an activating group) is 1. The first-order valence-corrected chi connectivity index (χ1v) is 4.04. The van der Waals surface area contributed by atoms with E-state index in [1.54, 1.807) is 0 Å². The average molecular weight is 158 g/mol. The van der Waals surface area contributed by atoms with Crippen LogP contribution in [0.4, 0.5) is 0 Å². The molecule has 0 bridgehead atoms. The number of hydrogen-bond donors (Lipinski definition) is 1. The van der Waals surface area contributed by atoms with Crippen LogP contribution in [-0.4, -0.2) is 37.0 Å². The molecule has 1 amide bonds. The van der Waals surface area contributed by atoms with Crippen molar-refractivity contribution in [2.75, 3.05) is 20.1 Å². The van der Waals surface area contributed by atoms with Gasteiger partial charge in [0.2, 0.25) is 5.91 Å². The molecule has 0 aromatic heterocycles. The number of nitrogens with one attached hydrogen (secondary N) is 1. The van der Waals surface area contributed by atoms with Gasteiger partial charge in [0.15, 0.2) is 0 Å². The lowest BCUT2D eigenvalue weighted by Gasteiger charge is -2.14. The van der Waals surface area contributed by atoms with Crippen LogP contribution in [0.5, 0.6) is 0 Å². The molecule has 0 saturated carbocycles. The van der Waals surface area contributed by atoms with E-state index < -0.39 is 0 Å². The molecule has 1 N–H and O–H groups in total. The van der Waals surface area contributed by atoms with E-state index in [0.29, 0.717) is 6.54 Å². The van der Waals surface area contributed by atoms with Gasteiger partial charge in [0, 0.05) is 6.04 Å². The van der Waals surface area contributed by atoms with E-state index in [4.69, 9.17) is 0 Å². The Morgan fingerprint density at radius 1 is 1.55 bits per heavy atom. The van der Waals surface area contributed by atoms with Crippen molar-refractivity contribution in [2.24, 2.45) is 0 Å². The lowest BCUT2D eigenvalue weighted by atomic mass is 10.4. The van der Waals surface area contributed by atoms with E-state index in [-0.39, 0.29) is 11.9 Å². The Morgan fingerprint density at radius 2 is 2.09 bits per heavy atom. The van der Waals surface area contributed by atoms with Crippen molar-refractivity contribution in [3.8, 4) is 0 Å². The number of carbonyl (C=O) groups excluding carboxylic acids is 1. The number of amides is 1. The summed E-state index contributed by atoms with van der Waals surface area (Å²) in [7, 11) is 1.93. The van der Waals surface area contributed by atoms with Crippen LogP contribution in [0.1, 0.15) is 20.8 Å². The smallest absolute Gasteiger partial charge is 0.234 e. The molecule has 0 aromatic rings. The van der Waals surface area contributed by atoms with Gasteiger partial charge < -0.3 is 5.32 Å². The van der Waals surface area contributed by atoms with E-state index in [0.717, 1.165) is 6.54 Å². The third-order valence-electron chi connectivity index (χ3n) is 1.40. The summed E-state index contributed by atoms with van der Waals surface area (Å²) in [5.74, 6) is 0.101. The minimum absolute atomic E-state index is 0.101. The molecule has 0 saturated heterocycles. The molecule has 3 nitrogen and oxygen atoms in total. The molecule has 0 heterocycles. The predicted molar refractivity (Wildman–Crippen MR) is 46.4 cm³/mol. The van der Waals surface area contributed by atoms with Crippen LogP contribution >= 0.6 is 0 Å². The van der Waals surface area contributed by atoms with E-state index in [1.807, 2.05) is 32.7 Å². The first kappa shape index (κ1) is 10.4. The van der Waals surface area contributed by atoms with Gasteiger partial charge in [-0.15, -0.1) is 0 Å². The molecule has 11 heavy (non-hydrogen) atoms. The lowest BCUT2D eigenvalue weighted by Crippen LogP contribution is -2.38. The standard InChI is InChI=1S/C8H18N2O/c1-5-10(4)6-8(11)9-7(2)3/h7H,5-6H2,1-4H3,(H,9,11). The molecular formula is C8H18N2O. The van der Waals surface area contributed by atoms with Crippen molar-refractivity contribution in [1.29, 1.82) is 0 Å². The van der Waals surface area contributed by atoms with Gasteiger partial charge >= 0.3 is 0 Å². The summed E-state index contributed by atoms with van der Waals surface area (Å²) in [6.45, 7) is 7.36. The van der Waals surface area contributed by atoms with Crippen LogP contribution in [0, 0.1) is 0 Å². The van der Waals surface area contributed by atoms with Gasteiger partial charge in [-0.25, -0.2) is 0 Å². The maximum Gasteiger partial charge on any atom is 0.234 e. The minimum Gasteiger partial charge on any atom is -0.353 e. The Balaban J connectivity index is 3.52. The van der Waals surface area contributed by atoms with E-state index >= 15 is 0 Å². The fraction of sp³-hybridized carbons (Fsp3) is 0.875. The quantitative estimate of drug-likeness (QED) is 0.644. The molecule has 0 radical (unpaired) electrons. The van der Waals surface area contributed by atoms with Gasteiger partial charge in [0.1, 0.15) is 0 Å². The zero-order valence-electron chi connectivity index (χ0n) is 7.85. The SMILES string of the molecule is CCN(C)CC(=O)NC(C)C. The second-order valence-corrected chi connectivity index (χ2v) is 3.05. The van der Waals surface area contributed by atoms with Gasteiger partial charge in [-0.05, 0) is 27.4 Å². The molecule has 0 spiro atoms. The topological polar surface area (TPSA) is 32.3 Å². The van der Waals surface area contributed by atoms with Crippen LogP contribution in [0.2, 0.25) is 0 Å². The van der Waals surface area contributed by atoms with Crippen LogP contribution in [-0.2, 0) is 4.79 Å². The molecule has 0 aromatic carbocycles. The summed E-state index contributed by atoms with van der Waals surface area (Å²) >= 11 is 0. The fourth-order valence-electron chi connectivity index (χ4n) is 0.725.